The van der Waals surface area contributed by atoms with Crippen LogP contribution in [0.15, 0.2) is 23.1 Å². The normalized spacial score (nSPS) is 15.0. The highest BCUT2D eigenvalue weighted by molar-refractivity contribution is 8.13. The van der Waals surface area contributed by atoms with Crippen molar-refractivity contribution in [2.24, 2.45) is 5.92 Å². The lowest BCUT2D eigenvalue weighted by atomic mass is 10.2. The Kier molecular flexibility index (Phi) is 5.18. The molecule has 116 valence electrons. The molecule has 1 saturated carbocycles. The Morgan fingerprint density at radius 1 is 1.38 bits per heavy atom. The highest BCUT2D eigenvalue weighted by Crippen LogP contribution is 2.28. The fraction of sp³-hybridized carbons (Fsp3) is 0.462. The Hall–Kier alpha value is -1.18. The molecule has 1 aliphatic rings. The second-order valence-corrected chi connectivity index (χ2v) is 7.45. The maximum Gasteiger partial charge on any atom is 0.261 e. The minimum absolute atomic E-state index is 0.101. The predicted molar refractivity (Wildman–Crippen MR) is 75.3 cm³/mol. The van der Waals surface area contributed by atoms with Crippen molar-refractivity contribution in [1.82, 2.24) is 5.32 Å². The van der Waals surface area contributed by atoms with Gasteiger partial charge in [-0.1, -0.05) is 0 Å². The lowest BCUT2D eigenvalue weighted by Gasteiger charge is -2.07. The molecule has 1 aliphatic carbocycles. The first-order valence-electron chi connectivity index (χ1n) is 6.47. The molecule has 21 heavy (non-hydrogen) atoms. The van der Waals surface area contributed by atoms with Crippen LogP contribution in [-0.2, 0) is 13.8 Å². The number of halogens is 2. The molecule has 0 atom stereocenters. The summed E-state index contributed by atoms with van der Waals surface area (Å²) >= 11 is 0. The van der Waals surface area contributed by atoms with E-state index in [1.807, 2.05) is 0 Å². The van der Waals surface area contributed by atoms with Crippen LogP contribution in [0, 0.1) is 11.7 Å². The first-order chi connectivity index (χ1) is 9.86. The quantitative estimate of drug-likeness (QED) is 0.610. The number of amides is 1. The van der Waals surface area contributed by atoms with Crippen LogP contribution >= 0.6 is 10.7 Å². The highest BCUT2D eigenvalue weighted by atomic mass is 35.7. The second-order valence-electron chi connectivity index (χ2n) is 4.89. The van der Waals surface area contributed by atoms with Crippen LogP contribution in [0.3, 0.4) is 0 Å². The fourth-order valence-corrected chi connectivity index (χ4v) is 2.50. The van der Waals surface area contributed by atoms with Crippen molar-refractivity contribution >= 4 is 25.6 Å². The number of rotatable bonds is 7. The summed E-state index contributed by atoms with van der Waals surface area (Å²) in [7, 11) is 1.06. The summed E-state index contributed by atoms with van der Waals surface area (Å²) < 4.78 is 41.0. The van der Waals surface area contributed by atoms with Crippen molar-refractivity contribution < 1.29 is 22.3 Å². The SMILES string of the molecule is O=C(NCCOCC1CC1)c1cc(F)cc(S(=O)(=O)Cl)c1. The van der Waals surface area contributed by atoms with E-state index in [0.717, 1.165) is 18.2 Å². The molecule has 0 saturated heterocycles. The maximum absolute atomic E-state index is 13.3. The van der Waals surface area contributed by atoms with E-state index >= 15 is 0 Å². The number of carbonyl (C=O) groups is 1. The topological polar surface area (TPSA) is 72.5 Å². The van der Waals surface area contributed by atoms with Gasteiger partial charge in [-0.25, -0.2) is 12.8 Å². The van der Waals surface area contributed by atoms with Crippen molar-refractivity contribution in [2.45, 2.75) is 17.7 Å². The van der Waals surface area contributed by atoms with E-state index in [1.54, 1.807) is 0 Å². The van der Waals surface area contributed by atoms with Gasteiger partial charge in [-0.2, -0.15) is 0 Å². The number of hydrogen-bond acceptors (Lipinski definition) is 4. The molecule has 1 aromatic rings. The molecule has 0 bridgehead atoms. The summed E-state index contributed by atoms with van der Waals surface area (Å²) in [6.45, 7) is 1.31. The minimum atomic E-state index is -4.09. The Balaban J connectivity index is 1.90. The Morgan fingerprint density at radius 3 is 2.71 bits per heavy atom. The van der Waals surface area contributed by atoms with E-state index in [1.165, 1.54) is 12.8 Å². The monoisotopic (exact) mass is 335 g/mol. The maximum atomic E-state index is 13.3. The first kappa shape index (κ1) is 16.2. The van der Waals surface area contributed by atoms with Gasteiger partial charge in [-0.05, 0) is 37.0 Å². The van der Waals surface area contributed by atoms with E-state index in [2.05, 4.69) is 5.32 Å². The van der Waals surface area contributed by atoms with E-state index in [4.69, 9.17) is 15.4 Å². The predicted octanol–water partition coefficient (Wildman–Crippen LogP) is 1.91. The van der Waals surface area contributed by atoms with Gasteiger partial charge < -0.3 is 10.1 Å². The Labute approximate surface area is 126 Å². The summed E-state index contributed by atoms with van der Waals surface area (Å²) in [4.78, 5) is 11.4. The molecule has 8 heteroatoms. The van der Waals surface area contributed by atoms with Crippen molar-refractivity contribution in [3.05, 3.63) is 29.6 Å². The number of hydrogen-bond donors (Lipinski definition) is 1. The van der Waals surface area contributed by atoms with Crippen LogP contribution in [-0.4, -0.2) is 34.1 Å². The van der Waals surface area contributed by atoms with Crippen LogP contribution in [0.4, 0.5) is 4.39 Å². The fourth-order valence-electron chi connectivity index (χ4n) is 1.71. The third kappa shape index (κ3) is 5.26. The zero-order valence-electron chi connectivity index (χ0n) is 11.1. The average molecular weight is 336 g/mol. The molecular formula is C13H15ClFNO4S. The number of carbonyl (C=O) groups excluding carboxylic acids is 1. The molecule has 1 fully saturated rings. The largest absolute Gasteiger partial charge is 0.379 e. The average Bonchev–Trinajstić information content (AvgIpc) is 3.20. The summed E-state index contributed by atoms with van der Waals surface area (Å²) in [6.07, 6.45) is 2.37. The van der Waals surface area contributed by atoms with E-state index in [0.29, 0.717) is 19.1 Å². The molecule has 0 unspecified atom stereocenters. The van der Waals surface area contributed by atoms with Gasteiger partial charge in [-0.15, -0.1) is 0 Å². The van der Waals surface area contributed by atoms with Crippen molar-refractivity contribution in [2.75, 3.05) is 19.8 Å². The zero-order chi connectivity index (χ0) is 15.5. The van der Waals surface area contributed by atoms with Gasteiger partial charge >= 0.3 is 0 Å². The Morgan fingerprint density at radius 2 is 2.10 bits per heavy atom. The van der Waals surface area contributed by atoms with E-state index in [-0.39, 0.29) is 12.1 Å². The second kappa shape index (κ2) is 6.72. The van der Waals surface area contributed by atoms with Gasteiger partial charge in [0.25, 0.3) is 15.0 Å². The van der Waals surface area contributed by atoms with Crippen LogP contribution in [0.25, 0.3) is 0 Å². The zero-order valence-corrected chi connectivity index (χ0v) is 12.7. The van der Waals surface area contributed by atoms with Gasteiger partial charge in [0.1, 0.15) is 5.82 Å². The highest BCUT2D eigenvalue weighted by Gasteiger charge is 2.21. The van der Waals surface area contributed by atoms with Crippen molar-refractivity contribution in [3.8, 4) is 0 Å². The van der Waals surface area contributed by atoms with E-state index < -0.39 is 25.7 Å². The molecule has 2 rings (SSSR count). The van der Waals surface area contributed by atoms with Gasteiger partial charge in [-0.3, -0.25) is 4.79 Å². The van der Waals surface area contributed by atoms with Crippen LogP contribution in [0.5, 0.6) is 0 Å². The molecule has 0 aliphatic heterocycles. The van der Waals surface area contributed by atoms with Gasteiger partial charge in [0.05, 0.1) is 11.5 Å². The number of benzene rings is 1. The lowest BCUT2D eigenvalue weighted by molar-refractivity contribution is 0.0906. The molecule has 5 nitrogen and oxygen atoms in total. The number of ether oxygens (including phenoxy) is 1. The standard InChI is InChI=1S/C13H15ClFNO4S/c14-21(18,19)12-6-10(5-11(15)7-12)13(17)16-3-4-20-8-9-1-2-9/h5-7,9H,1-4,8H2,(H,16,17). The molecular weight excluding hydrogens is 321 g/mol. The van der Waals surface area contributed by atoms with Crippen molar-refractivity contribution in [3.63, 3.8) is 0 Å². The summed E-state index contributed by atoms with van der Waals surface area (Å²) in [5, 5.41) is 2.53. The molecule has 0 spiro atoms. The molecule has 0 aromatic heterocycles. The minimum Gasteiger partial charge on any atom is -0.379 e. The van der Waals surface area contributed by atoms with Gasteiger partial charge in [0.2, 0.25) is 0 Å². The van der Waals surface area contributed by atoms with Gasteiger partial charge in [0, 0.05) is 29.4 Å². The van der Waals surface area contributed by atoms with Gasteiger partial charge in [0.15, 0.2) is 0 Å². The Bertz CT molecular complexity index is 631. The number of nitrogens with one attached hydrogen (secondary N) is 1. The van der Waals surface area contributed by atoms with E-state index in [9.17, 15) is 17.6 Å². The van der Waals surface area contributed by atoms with Crippen LogP contribution in [0.1, 0.15) is 23.2 Å². The third-order valence-corrected chi connectivity index (χ3v) is 4.33. The summed E-state index contributed by atoms with van der Waals surface area (Å²) in [6, 6.07) is 2.75. The van der Waals surface area contributed by atoms with Crippen LogP contribution < -0.4 is 5.32 Å². The molecule has 1 amide bonds. The lowest BCUT2D eigenvalue weighted by Crippen LogP contribution is -2.27. The summed E-state index contributed by atoms with van der Waals surface area (Å²) in [5.41, 5.74) is -0.101. The first-order valence-corrected chi connectivity index (χ1v) is 8.78. The van der Waals surface area contributed by atoms with Crippen molar-refractivity contribution in [1.29, 1.82) is 0 Å². The molecule has 0 radical (unpaired) electrons. The van der Waals surface area contributed by atoms with Crippen LogP contribution in [0.2, 0.25) is 0 Å². The molecule has 1 aromatic carbocycles. The smallest absolute Gasteiger partial charge is 0.261 e. The molecule has 0 heterocycles. The molecule has 1 N–H and O–H groups in total. The third-order valence-electron chi connectivity index (χ3n) is 3.00. The summed E-state index contributed by atoms with van der Waals surface area (Å²) in [5.74, 6) is -0.779.